The molecule has 0 radical (unpaired) electrons. The predicted octanol–water partition coefficient (Wildman–Crippen LogP) is 4.37. The van der Waals surface area contributed by atoms with Gasteiger partial charge in [-0.3, -0.25) is 25.8 Å². The van der Waals surface area contributed by atoms with Crippen molar-refractivity contribution in [3.63, 3.8) is 0 Å². The fourth-order valence-electron chi connectivity index (χ4n) is 2.57. The number of halogens is 1. The predicted molar refractivity (Wildman–Crippen MR) is 121 cm³/mol. The van der Waals surface area contributed by atoms with Crippen molar-refractivity contribution >= 4 is 45.1 Å². The molecule has 29 heavy (non-hydrogen) atoms. The molecule has 2 amide bonds. The fraction of sp³-hybridized carbons (Fsp3) is 0.0455. The van der Waals surface area contributed by atoms with Gasteiger partial charge in [-0.15, -0.1) is 0 Å². The Morgan fingerprint density at radius 2 is 1.41 bits per heavy atom. The second-order valence-corrected chi connectivity index (χ2v) is 7.53. The second-order valence-electron chi connectivity index (χ2n) is 6.27. The summed E-state index contributed by atoms with van der Waals surface area (Å²) >= 11 is 8.47. The molecule has 3 aromatic rings. The van der Waals surface area contributed by atoms with Crippen LogP contribution >= 0.6 is 28.1 Å². The summed E-state index contributed by atoms with van der Waals surface area (Å²) in [5.41, 5.74) is 9.03. The molecule has 3 rings (SSSR count). The van der Waals surface area contributed by atoms with Crippen molar-refractivity contribution in [3.05, 3.63) is 94.0 Å². The number of nitrogens with one attached hydrogen (secondary N) is 3. The number of thiocarbonyl (C=S) groups is 1. The zero-order valence-electron chi connectivity index (χ0n) is 15.5. The van der Waals surface area contributed by atoms with E-state index in [0.717, 1.165) is 21.2 Å². The zero-order chi connectivity index (χ0) is 20.8. The maximum absolute atomic E-state index is 12.3. The molecule has 7 heteroatoms. The van der Waals surface area contributed by atoms with Crippen LogP contribution in [-0.4, -0.2) is 16.9 Å². The number of aryl methyl sites for hydroxylation is 1. The first-order valence-electron chi connectivity index (χ1n) is 8.77. The van der Waals surface area contributed by atoms with Crippen LogP contribution < -0.4 is 16.2 Å². The van der Waals surface area contributed by atoms with Gasteiger partial charge in [-0.2, -0.15) is 0 Å². The number of amides is 2. The fourth-order valence-corrected chi connectivity index (χ4v) is 3.09. The smallest absolute Gasteiger partial charge is 0.269 e. The van der Waals surface area contributed by atoms with Gasteiger partial charge in [0.05, 0.1) is 0 Å². The van der Waals surface area contributed by atoms with Gasteiger partial charge in [-0.05, 0) is 60.1 Å². The van der Waals surface area contributed by atoms with E-state index in [2.05, 4.69) is 32.1 Å². The Morgan fingerprint density at radius 3 is 2.07 bits per heavy atom. The van der Waals surface area contributed by atoms with Crippen LogP contribution in [0.4, 0.5) is 0 Å². The molecule has 0 atom stereocenters. The molecule has 0 heterocycles. The highest BCUT2D eigenvalue weighted by atomic mass is 79.9. The van der Waals surface area contributed by atoms with E-state index in [1.54, 1.807) is 24.3 Å². The molecule has 0 aliphatic carbocycles. The lowest BCUT2D eigenvalue weighted by molar-refractivity contribution is 0.0934. The van der Waals surface area contributed by atoms with Crippen LogP contribution in [0.1, 0.15) is 26.3 Å². The standard InChI is InChI=1S/C22H18BrN3O2S/c1-14-7-8-18(13-19(14)23)21(28)25-26-22(29)24-20(27)17-11-9-16(10-12-17)15-5-3-2-4-6-15/h2-13H,1H3,(H,25,28)(H2,24,26,27,29). The summed E-state index contributed by atoms with van der Waals surface area (Å²) in [5, 5.41) is 2.54. The van der Waals surface area contributed by atoms with Crippen molar-refractivity contribution in [2.45, 2.75) is 6.92 Å². The summed E-state index contributed by atoms with van der Waals surface area (Å²) in [5.74, 6) is -0.732. The Hall–Kier alpha value is -3.03. The van der Waals surface area contributed by atoms with Crippen LogP contribution in [0.25, 0.3) is 11.1 Å². The van der Waals surface area contributed by atoms with Gasteiger partial charge in [0, 0.05) is 15.6 Å². The van der Waals surface area contributed by atoms with Gasteiger partial charge in [0.1, 0.15) is 0 Å². The molecule has 3 N–H and O–H groups in total. The molecule has 0 aliphatic heterocycles. The highest BCUT2D eigenvalue weighted by Crippen LogP contribution is 2.19. The first kappa shape index (κ1) is 20.7. The normalized spacial score (nSPS) is 10.1. The Kier molecular flexibility index (Phi) is 6.74. The topological polar surface area (TPSA) is 70.2 Å². The first-order chi connectivity index (χ1) is 13.9. The molecule has 5 nitrogen and oxygen atoms in total. The van der Waals surface area contributed by atoms with Gasteiger partial charge in [-0.25, -0.2) is 0 Å². The summed E-state index contributed by atoms with van der Waals surface area (Å²) in [6.07, 6.45) is 0. The summed E-state index contributed by atoms with van der Waals surface area (Å²) in [6, 6.07) is 22.3. The minimum absolute atomic E-state index is 0.00154. The lowest BCUT2D eigenvalue weighted by Gasteiger charge is -2.11. The molecule has 0 bridgehead atoms. The molecular formula is C22H18BrN3O2S. The Morgan fingerprint density at radius 1 is 0.793 bits per heavy atom. The van der Waals surface area contributed by atoms with Gasteiger partial charge >= 0.3 is 0 Å². The van der Waals surface area contributed by atoms with E-state index in [-0.39, 0.29) is 16.9 Å². The molecule has 0 unspecified atom stereocenters. The van der Waals surface area contributed by atoms with E-state index in [1.165, 1.54) is 0 Å². The van der Waals surface area contributed by atoms with Gasteiger partial charge in [-0.1, -0.05) is 64.5 Å². The molecule has 0 spiro atoms. The van der Waals surface area contributed by atoms with Crippen LogP contribution in [0, 0.1) is 6.92 Å². The third kappa shape index (κ3) is 5.49. The minimum Gasteiger partial charge on any atom is -0.298 e. The van der Waals surface area contributed by atoms with E-state index in [0.29, 0.717) is 11.1 Å². The van der Waals surface area contributed by atoms with Crippen LogP contribution in [0.15, 0.2) is 77.3 Å². The number of hydrogen-bond acceptors (Lipinski definition) is 3. The number of carbonyl (C=O) groups is 2. The Bertz CT molecular complexity index is 1050. The highest BCUT2D eigenvalue weighted by Gasteiger charge is 2.10. The van der Waals surface area contributed by atoms with E-state index >= 15 is 0 Å². The monoisotopic (exact) mass is 467 g/mol. The lowest BCUT2D eigenvalue weighted by Crippen LogP contribution is -2.48. The van der Waals surface area contributed by atoms with E-state index in [4.69, 9.17) is 12.2 Å². The molecule has 0 saturated heterocycles. The maximum atomic E-state index is 12.3. The van der Waals surface area contributed by atoms with Crippen molar-refractivity contribution in [1.82, 2.24) is 16.2 Å². The Balaban J connectivity index is 1.54. The van der Waals surface area contributed by atoms with Crippen molar-refractivity contribution in [3.8, 4) is 11.1 Å². The summed E-state index contributed by atoms with van der Waals surface area (Å²) in [7, 11) is 0. The molecule has 146 valence electrons. The highest BCUT2D eigenvalue weighted by molar-refractivity contribution is 9.10. The molecule has 0 aromatic heterocycles. The van der Waals surface area contributed by atoms with Crippen LogP contribution in [0.5, 0.6) is 0 Å². The van der Waals surface area contributed by atoms with Crippen molar-refractivity contribution < 1.29 is 9.59 Å². The quantitative estimate of drug-likeness (QED) is 0.395. The van der Waals surface area contributed by atoms with Gasteiger partial charge < -0.3 is 0 Å². The average molecular weight is 468 g/mol. The maximum Gasteiger partial charge on any atom is 0.269 e. The number of carbonyl (C=O) groups excluding carboxylic acids is 2. The van der Waals surface area contributed by atoms with Crippen LogP contribution in [-0.2, 0) is 0 Å². The number of hydrazine groups is 1. The molecule has 0 aliphatic rings. The summed E-state index contributed by atoms with van der Waals surface area (Å²) in [6.45, 7) is 1.93. The minimum atomic E-state index is -0.366. The van der Waals surface area contributed by atoms with Gasteiger partial charge in [0.15, 0.2) is 5.11 Å². The number of benzene rings is 3. The third-order valence-electron chi connectivity index (χ3n) is 4.20. The average Bonchev–Trinajstić information content (AvgIpc) is 2.74. The second kappa shape index (κ2) is 9.45. The van der Waals surface area contributed by atoms with E-state index in [1.807, 2.05) is 55.5 Å². The van der Waals surface area contributed by atoms with Crippen LogP contribution in [0.2, 0.25) is 0 Å². The van der Waals surface area contributed by atoms with Crippen molar-refractivity contribution in [2.75, 3.05) is 0 Å². The van der Waals surface area contributed by atoms with Crippen LogP contribution in [0.3, 0.4) is 0 Å². The molecule has 0 fully saturated rings. The van der Waals surface area contributed by atoms with E-state index < -0.39 is 0 Å². The Labute approximate surface area is 182 Å². The summed E-state index contributed by atoms with van der Waals surface area (Å²) in [4.78, 5) is 24.5. The zero-order valence-corrected chi connectivity index (χ0v) is 17.9. The first-order valence-corrected chi connectivity index (χ1v) is 9.97. The molecular weight excluding hydrogens is 450 g/mol. The third-order valence-corrected chi connectivity index (χ3v) is 5.26. The number of hydrogen-bond donors (Lipinski definition) is 3. The summed E-state index contributed by atoms with van der Waals surface area (Å²) < 4.78 is 0.833. The largest absolute Gasteiger partial charge is 0.298 e. The molecule has 3 aromatic carbocycles. The van der Waals surface area contributed by atoms with Crippen molar-refractivity contribution in [2.24, 2.45) is 0 Å². The van der Waals surface area contributed by atoms with E-state index in [9.17, 15) is 9.59 Å². The van der Waals surface area contributed by atoms with Gasteiger partial charge in [0.2, 0.25) is 0 Å². The SMILES string of the molecule is Cc1ccc(C(=O)NNC(=S)NC(=O)c2ccc(-c3ccccc3)cc2)cc1Br. The number of rotatable bonds is 3. The lowest BCUT2D eigenvalue weighted by atomic mass is 10.0. The molecule has 0 saturated carbocycles. The van der Waals surface area contributed by atoms with Gasteiger partial charge in [0.25, 0.3) is 11.8 Å². The van der Waals surface area contributed by atoms with Crippen molar-refractivity contribution in [1.29, 1.82) is 0 Å².